The van der Waals surface area contributed by atoms with Gasteiger partial charge in [-0.2, -0.15) is 0 Å². The number of ether oxygens (including phenoxy) is 2. The highest BCUT2D eigenvalue weighted by molar-refractivity contribution is 5.66. The Morgan fingerprint density at radius 1 is 1.40 bits per heavy atom. The Morgan fingerprint density at radius 3 is 2.68 bits per heavy atom. The number of aromatic nitrogens is 3. The number of esters is 1. The van der Waals surface area contributed by atoms with Crippen molar-refractivity contribution in [2.75, 3.05) is 0 Å². The number of benzene rings is 1. The molecule has 0 fully saturated rings. The molecular weight excluding hydrogens is 328 g/mol. The molecule has 0 amide bonds. The third-order valence-electron chi connectivity index (χ3n) is 3.50. The molecule has 9 heteroatoms. The number of nitro benzene ring substituents is 1. The van der Waals surface area contributed by atoms with E-state index in [1.165, 1.54) is 25.1 Å². The minimum absolute atomic E-state index is 0.138. The molecule has 1 heterocycles. The predicted octanol–water partition coefficient (Wildman–Crippen LogP) is 2.58. The normalized spacial score (nSPS) is 11.2. The molecule has 2 rings (SSSR count). The Morgan fingerprint density at radius 2 is 2.12 bits per heavy atom. The predicted molar refractivity (Wildman–Crippen MR) is 87.9 cm³/mol. The molecule has 25 heavy (non-hydrogen) atoms. The summed E-state index contributed by atoms with van der Waals surface area (Å²) in [4.78, 5) is 21.6. The molecule has 0 N–H and O–H groups in total. The lowest BCUT2D eigenvalue weighted by atomic mass is 10.1. The third-order valence-corrected chi connectivity index (χ3v) is 3.50. The molecule has 0 bridgehead atoms. The summed E-state index contributed by atoms with van der Waals surface area (Å²) in [5.74, 6) is -0.123. The lowest BCUT2D eigenvalue weighted by Crippen LogP contribution is -2.33. The first-order chi connectivity index (χ1) is 11.7. The highest BCUT2D eigenvalue weighted by Crippen LogP contribution is 2.28. The Kier molecular flexibility index (Phi) is 5.35. The van der Waals surface area contributed by atoms with E-state index in [9.17, 15) is 14.9 Å². The van der Waals surface area contributed by atoms with Crippen molar-refractivity contribution in [3.05, 3.63) is 45.8 Å². The van der Waals surface area contributed by atoms with E-state index in [2.05, 4.69) is 10.3 Å². The van der Waals surface area contributed by atoms with Crippen LogP contribution < -0.4 is 4.74 Å². The van der Waals surface area contributed by atoms with Gasteiger partial charge in [0.2, 0.25) is 0 Å². The smallest absolute Gasteiger partial charge is 0.302 e. The topological polar surface area (TPSA) is 109 Å². The molecule has 0 aliphatic carbocycles. The number of hydrogen-bond acceptors (Lipinski definition) is 7. The molecule has 0 aliphatic rings. The van der Waals surface area contributed by atoms with Crippen LogP contribution in [0.15, 0.2) is 24.4 Å². The van der Waals surface area contributed by atoms with Crippen LogP contribution >= 0.6 is 0 Å². The van der Waals surface area contributed by atoms with E-state index < -0.39 is 16.6 Å². The maximum absolute atomic E-state index is 11.1. The van der Waals surface area contributed by atoms with Gasteiger partial charge in [0, 0.05) is 13.0 Å². The van der Waals surface area contributed by atoms with Gasteiger partial charge in [-0.1, -0.05) is 12.1 Å². The van der Waals surface area contributed by atoms with Crippen LogP contribution in [0.25, 0.3) is 0 Å². The molecule has 0 saturated carbocycles. The minimum atomic E-state index is -0.852. The third kappa shape index (κ3) is 4.52. The average molecular weight is 348 g/mol. The molecule has 0 radical (unpaired) electrons. The number of carbonyl (C=O) groups is 1. The van der Waals surface area contributed by atoms with Crippen molar-refractivity contribution in [3.8, 4) is 5.75 Å². The molecule has 9 nitrogen and oxygen atoms in total. The van der Waals surface area contributed by atoms with Crippen molar-refractivity contribution in [1.29, 1.82) is 0 Å². The van der Waals surface area contributed by atoms with Gasteiger partial charge in [-0.15, -0.1) is 5.10 Å². The zero-order chi connectivity index (χ0) is 18.6. The number of rotatable bonds is 7. The van der Waals surface area contributed by atoms with E-state index in [1.807, 2.05) is 6.92 Å². The Hall–Kier alpha value is -2.97. The van der Waals surface area contributed by atoms with Crippen LogP contribution in [0.3, 0.4) is 0 Å². The largest absolute Gasteiger partial charge is 0.467 e. The van der Waals surface area contributed by atoms with Crippen molar-refractivity contribution in [3.63, 3.8) is 0 Å². The molecule has 2 aromatic rings. The van der Waals surface area contributed by atoms with Crippen LogP contribution in [0.2, 0.25) is 0 Å². The van der Waals surface area contributed by atoms with Crippen LogP contribution in [-0.4, -0.2) is 25.9 Å². The van der Waals surface area contributed by atoms with E-state index >= 15 is 0 Å². The highest BCUT2D eigenvalue weighted by Gasteiger charge is 2.25. The van der Waals surface area contributed by atoms with E-state index in [4.69, 9.17) is 9.47 Å². The first-order valence-corrected chi connectivity index (χ1v) is 7.74. The van der Waals surface area contributed by atoms with Crippen LogP contribution in [0.5, 0.6) is 5.75 Å². The van der Waals surface area contributed by atoms with Gasteiger partial charge in [0.25, 0.3) is 5.69 Å². The van der Waals surface area contributed by atoms with Gasteiger partial charge < -0.3 is 9.47 Å². The quantitative estimate of drug-likeness (QED) is 0.429. The SMILES string of the molecule is CCc1cn(C(C)(C)Oc2ccc([N+](=O)[O-])c(COC(C)=O)c2)nn1. The maximum Gasteiger partial charge on any atom is 0.302 e. The number of nitro groups is 1. The molecule has 1 aromatic heterocycles. The number of hydrogen-bond donors (Lipinski definition) is 0. The zero-order valence-corrected chi connectivity index (χ0v) is 14.6. The van der Waals surface area contributed by atoms with Gasteiger partial charge in [-0.3, -0.25) is 14.9 Å². The Bertz CT molecular complexity index is 785. The summed E-state index contributed by atoms with van der Waals surface area (Å²) in [7, 11) is 0. The van der Waals surface area contributed by atoms with E-state index in [-0.39, 0.29) is 17.9 Å². The van der Waals surface area contributed by atoms with Gasteiger partial charge in [-0.25, -0.2) is 4.68 Å². The van der Waals surface area contributed by atoms with Crippen molar-refractivity contribution >= 4 is 11.7 Å². The highest BCUT2D eigenvalue weighted by atomic mass is 16.6. The second kappa shape index (κ2) is 7.29. The van der Waals surface area contributed by atoms with Crippen LogP contribution in [-0.2, 0) is 28.3 Å². The maximum atomic E-state index is 11.1. The first-order valence-electron chi connectivity index (χ1n) is 7.74. The fraction of sp³-hybridized carbons (Fsp3) is 0.438. The van der Waals surface area contributed by atoms with Crippen LogP contribution in [0.1, 0.15) is 39.0 Å². The second-order valence-electron chi connectivity index (χ2n) is 5.88. The van der Waals surface area contributed by atoms with Crippen LogP contribution in [0.4, 0.5) is 5.69 Å². The lowest BCUT2D eigenvalue weighted by Gasteiger charge is -2.26. The Balaban J connectivity index is 2.27. The molecular formula is C16H20N4O5. The van der Waals surface area contributed by atoms with Crippen molar-refractivity contribution < 1.29 is 19.2 Å². The summed E-state index contributed by atoms with van der Waals surface area (Å²) in [6.07, 6.45) is 2.53. The Labute approximate surface area is 144 Å². The molecule has 1 aromatic carbocycles. The molecule has 0 unspecified atom stereocenters. The molecule has 0 aliphatic heterocycles. The van der Waals surface area contributed by atoms with E-state index in [0.717, 1.165) is 12.1 Å². The molecule has 134 valence electrons. The number of aryl methyl sites for hydroxylation is 1. The summed E-state index contributed by atoms with van der Waals surface area (Å²) >= 11 is 0. The summed E-state index contributed by atoms with van der Waals surface area (Å²) < 4.78 is 12.4. The molecule has 0 spiro atoms. The second-order valence-corrected chi connectivity index (χ2v) is 5.88. The van der Waals surface area contributed by atoms with Crippen molar-refractivity contribution in [2.24, 2.45) is 0 Å². The fourth-order valence-corrected chi connectivity index (χ4v) is 2.16. The summed E-state index contributed by atoms with van der Waals surface area (Å²) in [5, 5.41) is 19.2. The van der Waals surface area contributed by atoms with Gasteiger partial charge in [0.15, 0.2) is 5.72 Å². The zero-order valence-electron chi connectivity index (χ0n) is 14.6. The monoisotopic (exact) mass is 348 g/mol. The van der Waals surface area contributed by atoms with E-state index in [1.54, 1.807) is 24.7 Å². The van der Waals surface area contributed by atoms with Crippen molar-refractivity contribution in [1.82, 2.24) is 15.0 Å². The van der Waals surface area contributed by atoms with Crippen molar-refractivity contribution in [2.45, 2.75) is 46.4 Å². The minimum Gasteiger partial charge on any atom is -0.467 e. The summed E-state index contributed by atoms with van der Waals surface area (Å²) in [6, 6.07) is 4.30. The van der Waals surface area contributed by atoms with E-state index in [0.29, 0.717) is 5.75 Å². The van der Waals surface area contributed by atoms with Gasteiger partial charge in [0.05, 0.1) is 22.4 Å². The van der Waals surface area contributed by atoms with Gasteiger partial charge in [-0.05, 0) is 32.4 Å². The van der Waals surface area contributed by atoms with Crippen LogP contribution in [0, 0.1) is 10.1 Å². The first kappa shape index (κ1) is 18.4. The van der Waals surface area contributed by atoms with Gasteiger partial charge in [0.1, 0.15) is 12.4 Å². The number of nitrogens with zero attached hydrogens (tertiary/aromatic N) is 4. The number of carbonyl (C=O) groups excluding carboxylic acids is 1. The summed E-state index contributed by atoms with van der Waals surface area (Å²) in [6.45, 7) is 6.61. The van der Waals surface area contributed by atoms with Gasteiger partial charge >= 0.3 is 5.97 Å². The fourth-order valence-electron chi connectivity index (χ4n) is 2.16. The standard InChI is InChI=1S/C16H20N4O5/c1-5-13-9-19(18-17-13)16(3,4)25-14-6-7-15(20(22)23)12(8-14)10-24-11(2)21/h6-9H,5,10H2,1-4H3. The lowest BCUT2D eigenvalue weighted by molar-refractivity contribution is -0.385. The molecule has 0 atom stereocenters. The average Bonchev–Trinajstić information content (AvgIpc) is 3.02. The summed E-state index contributed by atoms with van der Waals surface area (Å²) in [5.41, 5.74) is 0.0904. The molecule has 0 saturated heterocycles.